The molecule has 10 heavy (non-hydrogen) atoms. The summed E-state index contributed by atoms with van der Waals surface area (Å²) < 4.78 is 4.65. The Labute approximate surface area is 64.1 Å². The van der Waals surface area contributed by atoms with Gasteiger partial charge in [-0.05, 0) is 6.92 Å². The van der Waals surface area contributed by atoms with Crippen molar-refractivity contribution in [3.63, 3.8) is 0 Å². The van der Waals surface area contributed by atoms with E-state index in [0.717, 1.165) is 0 Å². The third-order valence-corrected chi connectivity index (χ3v) is 1.84. The van der Waals surface area contributed by atoms with Gasteiger partial charge >= 0.3 is 5.97 Å². The normalized spacial score (nSPS) is 10.5. The maximum Gasteiger partial charge on any atom is 0.305 e. The van der Waals surface area contributed by atoms with Gasteiger partial charge in [0.25, 0.3) is 0 Å². The van der Waals surface area contributed by atoms with Crippen molar-refractivity contribution in [3.8, 4) is 0 Å². The van der Waals surface area contributed by atoms with Crippen molar-refractivity contribution >= 4 is 16.5 Å². The summed E-state index contributed by atoms with van der Waals surface area (Å²) in [6.45, 7) is 8.75. The summed E-state index contributed by atoms with van der Waals surface area (Å²) in [4.78, 5) is 11.0. The van der Waals surface area contributed by atoms with E-state index in [9.17, 15) is 4.79 Å². The SMILES string of the molecule is C=CC(C)(C=C)C(=O)O[SiH3]. The molecule has 0 bridgehead atoms. The fraction of sp³-hybridized carbons (Fsp3) is 0.286. The second kappa shape index (κ2) is 3.36. The van der Waals surface area contributed by atoms with Crippen LogP contribution in [0.2, 0.25) is 0 Å². The molecular weight excluding hydrogens is 144 g/mol. The standard InChI is InChI=1S/C7H12O2Si/c1-4-7(3,5-2)6(8)9-10/h4-5H,1-2H2,3,10H3. The van der Waals surface area contributed by atoms with Gasteiger partial charge in [0.2, 0.25) is 10.5 Å². The molecule has 2 nitrogen and oxygen atoms in total. The molecule has 0 heterocycles. The minimum Gasteiger partial charge on any atom is -0.528 e. The van der Waals surface area contributed by atoms with Crippen LogP contribution in [0.5, 0.6) is 0 Å². The van der Waals surface area contributed by atoms with Gasteiger partial charge in [0.15, 0.2) is 0 Å². The monoisotopic (exact) mass is 156 g/mol. The molecular formula is C7H12O2Si. The van der Waals surface area contributed by atoms with Crippen molar-refractivity contribution in [3.05, 3.63) is 25.3 Å². The van der Waals surface area contributed by atoms with E-state index in [2.05, 4.69) is 17.6 Å². The van der Waals surface area contributed by atoms with Gasteiger partial charge in [0.1, 0.15) is 0 Å². The zero-order valence-corrected chi connectivity index (χ0v) is 8.39. The first kappa shape index (κ1) is 9.17. The first-order valence-electron chi connectivity index (χ1n) is 2.96. The molecule has 0 saturated carbocycles. The Bertz CT molecular complexity index is 155. The lowest BCUT2D eigenvalue weighted by atomic mass is 9.92. The number of rotatable bonds is 3. The predicted octanol–water partition coefficient (Wildman–Crippen LogP) is 0.188. The lowest BCUT2D eigenvalue weighted by molar-refractivity contribution is -0.139. The zero-order chi connectivity index (χ0) is 8.20. The third-order valence-electron chi connectivity index (χ3n) is 1.47. The van der Waals surface area contributed by atoms with E-state index < -0.39 is 5.41 Å². The van der Waals surface area contributed by atoms with Gasteiger partial charge in [0, 0.05) is 0 Å². The topological polar surface area (TPSA) is 26.3 Å². The van der Waals surface area contributed by atoms with E-state index in [4.69, 9.17) is 0 Å². The molecule has 3 heteroatoms. The Hall–Kier alpha value is -0.833. The second-order valence-electron chi connectivity index (χ2n) is 2.18. The Balaban J connectivity index is 4.47. The van der Waals surface area contributed by atoms with Gasteiger partial charge in [-0.1, -0.05) is 12.2 Å². The molecule has 0 saturated heterocycles. The van der Waals surface area contributed by atoms with Crippen LogP contribution in [0, 0.1) is 5.41 Å². The summed E-state index contributed by atoms with van der Waals surface area (Å²) in [6, 6.07) is 0. The number of hydrogen-bond donors (Lipinski definition) is 0. The van der Waals surface area contributed by atoms with Crippen molar-refractivity contribution in [1.29, 1.82) is 0 Å². The highest BCUT2D eigenvalue weighted by Crippen LogP contribution is 2.19. The molecule has 0 aromatic heterocycles. The predicted molar refractivity (Wildman–Crippen MR) is 44.5 cm³/mol. The van der Waals surface area contributed by atoms with E-state index in [1.54, 1.807) is 6.92 Å². The van der Waals surface area contributed by atoms with Crippen LogP contribution in [-0.4, -0.2) is 16.5 Å². The lowest BCUT2D eigenvalue weighted by Crippen LogP contribution is -2.24. The van der Waals surface area contributed by atoms with Crippen molar-refractivity contribution < 1.29 is 9.22 Å². The molecule has 0 aliphatic carbocycles. The number of hydrogen-bond acceptors (Lipinski definition) is 2. The van der Waals surface area contributed by atoms with Crippen LogP contribution in [0.1, 0.15) is 6.92 Å². The van der Waals surface area contributed by atoms with Crippen LogP contribution in [0.15, 0.2) is 25.3 Å². The highest BCUT2D eigenvalue weighted by atomic mass is 28.2. The molecule has 0 aliphatic heterocycles. The zero-order valence-electron chi connectivity index (χ0n) is 6.39. The third kappa shape index (κ3) is 1.57. The van der Waals surface area contributed by atoms with Crippen LogP contribution >= 0.6 is 0 Å². The van der Waals surface area contributed by atoms with Gasteiger partial charge in [-0.25, -0.2) is 0 Å². The summed E-state index contributed by atoms with van der Waals surface area (Å²) in [5.41, 5.74) is -0.707. The van der Waals surface area contributed by atoms with Crippen LogP contribution < -0.4 is 0 Å². The molecule has 56 valence electrons. The maximum absolute atomic E-state index is 11.0. The molecule has 0 unspecified atom stereocenters. The van der Waals surface area contributed by atoms with E-state index in [1.165, 1.54) is 12.2 Å². The molecule has 0 atom stereocenters. The molecule has 0 aromatic rings. The first-order valence-corrected chi connectivity index (χ1v) is 3.78. The molecule has 0 rings (SSSR count). The van der Waals surface area contributed by atoms with Crippen molar-refractivity contribution in [2.24, 2.45) is 5.41 Å². The van der Waals surface area contributed by atoms with Crippen LogP contribution in [-0.2, 0) is 9.22 Å². The quantitative estimate of drug-likeness (QED) is 0.430. The molecule has 0 N–H and O–H groups in total. The summed E-state index contributed by atoms with van der Waals surface area (Å²) in [5.74, 6) is -0.274. The van der Waals surface area contributed by atoms with Gasteiger partial charge in [-0.15, -0.1) is 13.2 Å². The maximum atomic E-state index is 11.0. The summed E-state index contributed by atoms with van der Waals surface area (Å²) in [6.07, 6.45) is 3.06. The minimum absolute atomic E-state index is 0.274. The average molecular weight is 156 g/mol. The Kier molecular flexibility index (Phi) is 3.08. The molecule has 0 radical (unpaired) electrons. The van der Waals surface area contributed by atoms with Crippen LogP contribution in [0.3, 0.4) is 0 Å². The highest BCUT2D eigenvalue weighted by molar-refractivity contribution is 6.07. The summed E-state index contributed by atoms with van der Waals surface area (Å²) >= 11 is 0. The first-order chi connectivity index (χ1) is 4.60. The van der Waals surface area contributed by atoms with Gasteiger partial charge < -0.3 is 4.43 Å². The lowest BCUT2D eigenvalue weighted by Gasteiger charge is -2.17. The smallest absolute Gasteiger partial charge is 0.305 e. The summed E-state index contributed by atoms with van der Waals surface area (Å²) in [7, 11) is 0.418. The van der Waals surface area contributed by atoms with Crippen LogP contribution in [0.25, 0.3) is 0 Å². The number of carbonyl (C=O) groups is 1. The van der Waals surface area contributed by atoms with E-state index in [1.807, 2.05) is 0 Å². The van der Waals surface area contributed by atoms with Gasteiger partial charge in [-0.2, -0.15) is 0 Å². The number of carbonyl (C=O) groups excluding carboxylic acids is 1. The molecule has 0 fully saturated rings. The van der Waals surface area contributed by atoms with Crippen molar-refractivity contribution in [1.82, 2.24) is 0 Å². The molecule has 0 aromatic carbocycles. The highest BCUT2D eigenvalue weighted by Gasteiger charge is 2.25. The van der Waals surface area contributed by atoms with Crippen molar-refractivity contribution in [2.45, 2.75) is 6.92 Å². The Morgan fingerprint density at radius 1 is 1.60 bits per heavy atom. The largest absolute Gasteiger partial charge is 0.528 e. The fourth-order valence-electron chi connectivity index (χ4n) is 0.470. The second-order valence-corrected chi connectivity index (χ2v) is 2.59. The van der Waals surface area contributed by atoms with E-state index >= 15 is 0 Å². The minimum atomic E-state index is -0.707. The Morgan fingerprint density at radius 2 is 2.00 bits per heavy atom. The molecule has 0 aliphatic rings. The molecule has 0 spiro atoms. The van der Waals surface area contributed by atoms with Gasteiger partial charge in [0.05, 0.1) is 5.41 Å². The van der Waals surface area contributed by atoms with Crippen LogP contribution in [0.4, 0.5) is 0 Å². The van der Waals surface area contributed by atoms with E-state index in [-0.39, 0.29) is 5.97 Å². The van der Waals surface area contributed by atoms with Crippen molar-refractivity contribution in [2.75, 3.05) is 0 Å². The summed E-state index contributed by atoms with van der Waals surface area (Å²) in [5, 5.41) is 0. The fourth-order valence-corrected chi connectivity index (χ4v) is 0.910. The molecule has 0 amide bonds. The Morgan fingerprint density at radius 3 is 2.10 bits per heavy atom. The average Bonchev–Trinajstić information content (AvgIpc) is 2.01. The van der Waals surface area contributed by atoms with Gasteiger partial charge in [-0.3, -0.25) is 4.79 Å². The van der Waals surface area contributed by atoms with E-state index in [0.29, 0.717) is 10.5 Å².